The van der Waals surface area contributed by atoms with Crippen molar-refractivity contribution < 1.29 is 17.9 Å². The van der Waals surface area contributed by atoms with E-state index in [-0.39, 0.29) is 4.90 Å². The molecule has 1 aliphatic rings. The molecule has 1 saturated heterocycles. The van der Waals surface area contributed by atoms with E-state index in [1.807, 2.05) is 50.1 Å². The highest BCUT2D eigenvalue weighted by Crippen LogP contribution is 2.31. The molecule has 1 fully saturated rings. The molecule has 0 bridgehead atoms. The van der Waals surface area contributed by atoms with Gasteiger partial charge in [-0.2, -0.15) is 9.40 Å². The molecule has 1 aromatic carbocycles. The smallest absolute Gasteiger partial charge is 0.246 e. The monoisotopic (exact) mass is 472 g/mol. The second-order valence-corrected chi connectivity index (χ2v) is 9.42. The van der Waals surface area contributed by atoms with Crippen LogP contribution in [0.25, 0.3) is 5.82 Å². The van der Waals surface area contributed by atoms with Gasteiger partial charge in [-0.3, -0.25) is 0 Å². The summed E-state index contributed by atoms with van der Waals surface area (Å²) in [5.74, 6) is 2.22. The molecule has 0 amide bonds. The molecular weight excluding hydrogens is 444 g/mol. The lowest BCUT2D eigenvalue weighted by Gasteiger charge is -2.34. The summed E-state index contributed by atoms with van der Waals surface area (Å²) in [4.78, 5) is 2.18. The van der Waals surface area contributed by atoms with Crippen LogP contribution in [0.3, 0.4) is 0 Å². The maximum atomic E-state index is 13.3. The third-order valence-corrected chi connectivity index (χ3v) is 7.24. The van der Waals surface area contributed by atoms with E-state index in [1.165, 1.54) is 4.31 Å². The van der Waals surface area contributed by atoms with Crippen molar-refractivity contribution in [1.82, 2.24) is 24.3 Å². The first-order valence-electron chi connectivity index (χ1n) is 10.9. The van der Waals surface area contributed by atoms with Gasteiger partial charge in [-0.1, -0.05) is 0 Å². The summed E-state index contributed by atoms with van der Waals surface area (Å²) < 4.78 is 41.0. The van der Waals surface area contributed by atoms with Gasteiger partial charge in [0.2, 0.25) is 10.0 Å². The predicted molar refractivity (Wildman–Crippen MR) is 124 cm³/mol. The van der Waals surface area contributed by atoms with Gasteiger partial charge in [-0.25, -0.2) is 13.1 Å². The first-order chi connectivity index (χ1) is 15.9. The molecule has 10 nitrogen and oxygen atoms in total. The van der Waals surface area contributed by atoms with Crippen LogP contribution < -0.4 is 14.4 Å². The molecule has 0 atom stereocenters. The molecule has 11 heteroatoms. The van der Waals surface area contributed by atoms with E-state index in [9.17, 15) is 8.42 Å². The van der Waals surface area contributed by atoms with Crippen LogP contribution in [0.4, 0.5) is 5.82 Å². The third-order valence-electron chi connectivity index (χ3n) is 5.30. The lowest BCUT2D eigenvalue weighted by molar-refractivity contribution is 0.314. The standard InChI is InChI=1S/C22H28N6O4S/c1-4-31-18-6-7-20(19(16-18)32-5-2)33(29,30)27-14-12-26(13-15-27)21-8-9-22(24-23-21)28-11-10-17(3)25-28/h6-11,16H,4-5,12-15H2,1-3H3. The number of hydrogen-bond acceptors (Lipinski definition) is 8. The van der Waals surface area contributed by atoms with Crippen LogP contribution in [-0.2, 0) is 10.0 Å². The summed E-state index contributed by atoms with van der Waals surface area (Å²) in [5.41, 5.74) is 0.901. The number of anilines is 1. The van der Waals surface area contributed by atoms with Gasteiger partial charge in [-0.05, 0) is 51.1 Å². The first kappa shape index (κ1) is 23.0. The second kappa shape index (κ2) is 9.75. The van der Waals surface area contributed by atoms with Crippen LogP contribution in [0.2, 0.25) is 0 Å². The average molecular weight is 473 g/mol. The zero-order valence-electron chi connectivity index (χ0n) is 19.0. The van der Waals surface area contributed by atoms with Gasteiger partial charge in [0.25, 0.3) is 0 Å². The van der Waals surface area contributed by atoms with Gasteiger partial charge in [0.1, 0.15) is 16.4 Å². The molecule has 4 rings (SSSR count). The van der Waals surface area contributed by atoms with E-state index in [4.69, 9.17) is 9.47 Å². The van der Waals surface area contributed by atoms with Crippen LogP contribution >= 0.6 is 0 Å². The van der Waals surface area contributed by atoms with Crippen LogP contribution in [0, 0.1) is 6.92 Å². The van der Waals surface area contributed by atoms with Gasteiger partial charge >= 0.3 is 0 Å². The summed E-state index contributed by atoms with van der Waals surface area (Å²) in [6.45, 7) is 8.15. The molecule has 1 aliphatic heterocycles. The van der Waals surface area contributed by atoms with Gasteiger partial charge in [-0.15, -0.1) is 10.2 Å². The molecule has 0 saturated carbocycles. The number of ether oxygens (including phenoxy) is 2. The van der Waals surface area contributed by atoms with Gasteiger partial charge in [0.05, 0.1) is 18.9 Å². The number of benzene rings is 1. The average Bonchev–Trinajstić information content (AvgIpc) is 3.26. The Morgan fingerprint density at radius 2 is 1.61 bits per heavy atom. The van der Waals surface area contributed by atoms with Gasteiger partial charge in [0, 0.05) is 38.4 Å². The number of hydrogen-bond donors (Lipinski definition) is 0. The number of nitrogens with zero attached hydrogens (tertiary/aromatic N) is 6. The molecule has 3 heterocycles. The summed E-state index contributed by atoms with van der Waals surface area (Å²) >= 11 is 0. The minimum Gasteiger partial charge on any atom is -0.494 e. The lowest BCUT2D eigenvalue weighted by Crippen LogP contribution is -2.49. The Bertz CT molecular complexity index is 1190. The quantitative estimate of drug-likeness (QED) is 0.492. The molecule has 0 radical (unpaired) electrons. The van der Waals surface area contributed by atoms with Crippen LogP contribution in [0.15, 0.2) is 47.5 Å². The van der Waals surface area contributed by atoms with Crippen LogP contribution in [0.1, 0.15) is 19.5 Å². The fourth-order valence-electron chi connectivity index (χ4n) is 3.67. The zero-order valence-corrected chi connectivity index (χ0v) is 19.8. The Kier molecular flexibility index (Phi) is 6.80. The topological polar surface area (TPSA) is 103 Å². The highest BCUT2D eigenvalue weighted by molar-refractivity contribution is 7.89. The highest BCUT2D eigenvalue weighted by Gasteiger charge is 2.31. The SMILES string of the molecule is CCOc1ccc(S(=O)(=O)N2CCN(c3ccc(-n4ccc(C)n4)nn3)CC2)c(OCC)c1. The van der Waals surface area contributed by atoms with E-state index < -0.39 is 10.0 Å². The Hall–Kier alpha value is -3.18. The van der Waals surface area contributed by atoms with E-state index in [0.717, 1.165) is 5.69 Å². The highest BCUT2D eigenvalue weighted by atomic mass is 32.2. The number of sulfonamides is 1. The van der Waals surface area contributed by atoms with Crippen molar-refractivity contribution in [3.05, 3.63) is 48.3 Å². The predicted octanol–water partition coefficient (Wildman–Crippen LogP) is 2.28. The third kappa shape index (κ3) is 4.93. The van der Waals surface area contributed by atoms with E-state index in [0.29, 0.717) is 62.5 Å². The van der Waals surface area contributed by atoms with Crippen molar-refractivity contribution >= 4 is 15.8 Å². The maximum Gasteiger partial charge on any atom is 0.246 e. The van der Waals surface area contributed by atoms with Crippen molar-refractivity contribution in [3.63, 3.8) is 0 Å². The molecule has 0 unspecified atom stereocenters. The Morgan fingerprint density at radius 3 is 2.21 bits per heavy atom. The van der Waals surface area contributed by atoms with E-state index >= 15 is 0 Å². The number of piperazine rings is 1. The van der Waals surface area contributed by atoms with Crippen molar-refractivity contribution in [3.8, 4) is 17.3 Å². The Balaban J connectivity index is 1.46. The summed E-state index contributed by atoms with van der Waals surface area (Å²) in [6.07, 6.45) is 1.83. The minimum atomic E-state index is -3.71. The van der Waals surface area contributed by atoms with Crippen LogP contribution in [0.5, 0.6) is 11.5 Å². The normalized spacial score (nSPS) is 14.9. The first-order valence-corrected chi connectivity index (χ1v) is 12.4. The zero-order chi connectivity index (χ0) is 23.4. The Morgan fingerprint density at radius 1 is 0.909 bits per heavy atom. The van der Waals surface area contributed by atoms with Crippen molar-refractivity contribution in [1.29, 1.82) is 0 Å². The lowest BCUT2D eigenvalue weighted by atomic mass is 10.3. The summed E-state index contributed by atoms with van der Waals surface area (Å²) in [5, 5.41) is 12.9. The van der Waals surface area contributed by atoms with E-state index in [2.05, 4.69) is 15.3 Å². The molecule has 0 N–H and O–H groups in total. The molecule has 33 heavy (non-hydrogen) atoms. The molecular formula is C22H28N6O4S. The minimum absolute atomic E-state index is 0.153. The number of rotatable bonds is 8. The molecule has 3 aromatic rings. The molecule has 0 spiro atoms. The molecule has 176 valence electrons. The van der Waals surface area contributed by atoms with Gasteiger partial charge < -0.3 is 14.4 Å². The summed E-state index contributed by atoms with van der Waals surface area (Å²) in [7, 11) is -3.71. The van der Waals surface area contributed by atoms with Crippen LogP contribution in [-0.4, -0.2) is 72.1 Å². The number of aryl methyl sites for hydroxylation is 1. The van der Waals surface area contributed by atoms with E-state index in [1.54, 1.807) is 22.9 Å². The molecule has 2 aromatic heterocycles. The fourth-order valence-corrected chi connectivity index (χ4v) is 5.21. The maximum absolute atomic E-state index is 13.3. The number of aromatic nitrogens is 4. The van der Waals surface area contributed by atoms with Crippen molar-refractivity contribution in [2.45, 2.75) is 25.7 Å². The van der Waals surface area contributed by atoms with Crippen molar-refractivity contribution in [2.24, 2.45) is 0 Å². The van der Waals surface area contributed by atoms with Gasteiger partial charge in [0.15, 0.2) is 11.6 Å². The van der Waals surface area contributed by atoms with Crippen molar-refractivity contribution in [2.75, 3.05) is 44.3 Å². The fraction of sp³-hybridized carbons (Fsp3) is 0.409. The Labute approximate surface area is 193 Å². The summed E-state index contributed by atoms with van der Waals surface area (Å²) in [6, 6.07) is 10.5. The largest absolute Gasteiger partial charge is 0.494 e. The second-order valence-electron chi connectivity index (χ2n) is 7.52. The molecule has 0 aliphatic carbocycles.